The molecule has 0 spiro atoms. The average Bonchev–Trinajstić information content (AvgIpc) is 2.45. The van der Waals surface area contributed by atoms with Gasteiger partial charge in [0.15, 0.2) is 0 Å². The lowest BCUT2D eigenvalue weighted by atomic mass is 9.92. The number of benzene rings is 2. The molecular weight excluding hydrogens is 287 g/mol. The van der Waals surface area contributed by atoms with E-state index in [1.807, 2.05) is 6.92 Å². The Bertz CT molecular complexity index is 655. The van der Waals surface area contributed by atoms with Crippen LogP contribution in [-0.4, -0.2) is 0 Å². The highest BCUT2D eigenvalue weighted by Gasteiger charge is 2.17. The van der Waals surface area contributed by atoms with Gasteiger partial charge < -0.3 is 0 Å². The van der Waals surface area contributed by atoms with Crippen LogP contribution in [0.2, 0.25) is 5.02 Å². The molecule has 1 unspecified atom stereocenters. The highest BCUT2D eigenvalue weighted by Crippen LogP contribution is 2.27. The van der Waals surface area contributed by atoms with Crippen molar-refractivity contribution in [1.29, 1.82) is 0 Å². The van der Waals surface area contributed by atoms with E-state index < -0.39 is 0 Å². The Morgan fingerprint density at radius 3 is 2.48 bits per heavy atom. The third-order valence-electron chi connectivity index (χ3n) is 3.91. The molecule has 112 valence electrons. The van der Waals surface area contributed by atoms with Crippen LogP contribution < -0.4 is 11.3 Å². The molecule has 2 aromatic carbocycles. The molecule has 0 saturated carbocycles. The first-order chi connectivity index (χ1) is 9.93. The predicted molar refractivity (Wildman–Crippen MR) is 85.8 cm³/mol. The fourth-order valence-electron chi connectivity index (χ4n) is 2.54. The molecule has 2 nitrogen and oxygen atoms in total. The number of hydrogen-bond acceptors (Lipinski definition) is 2. The number of nitrogens with two attached hydrogens (primary N) is 1. The summed E-state index contributed by atoms with van der Waals surface area (Å²) in [6, 6.07) is 9.12. The minimum atomic E-state index is -0.374. The normalized spacial score (nSPS) is 12.5. The highest BCUT2D eigenvalue weighted by atomic mass is 35.5. The standard InChI is InChI=1S/C17H20ClFN2/c1-10-7-12(3)14(8-11(10)2)16(21-20)9-13-5-4-6-15(18)17(13)19/h4-8,16,21H,9,20H2,1-3H3. The highest BCUT2D eigenvalue weighted by molar-refractivity contribution is 6.30. The van der Waals surface area contributed by atoms with Crippen molar-refractivity contribution < 1.29 is 4.39 Å². The molecule has 0 aromatic heterocycles. The van der Waals surface area contributed by atoms with Gasteiger partial charge in [0.1, 0.15) is 5.82 Å². The van der Waals surface area contributed by atoms with Gasteiger partial charge in [-0.2, -0.15) is 0 Å². The molecule has 21 heavy (non-hydrogen) atoms. The molecule has 0 fully saturated rings. The van der Waals surface area contributed by atoms with E-state index in [1.54, 1.807) is 18.2 Å². The zero-order valence-corrected chi connectivity index (χ0v) is 13.3. The lowest BCUT2D eigenvalue weighted by molar-refractivity contribution is 0.527. The second kappa shape index (κ2) is 6.56. The van der Waals surface area contributed by atoms with Gasteiger partial charge in [-0.3, -0.25) is 11.3 Å². The smallest absolute Gasteiger partial charge is 0.145 e. The number of halogens is 2. The second-order valence-corrected chi connectivity index (χ2v) is 5.84. The fraction of sp³-hybridized carbons (Fsp3) is 0.294. The van der Waals surface area contributed by atoms with Gasteiger partial charge >= 0.3 is 0 Å². The van der Waals surface area contributed by atoms with Gasteiger partial charge in [-0.15, -0.1) is 0 Å². The van der Waals surface area contributed by atoms with Gasteiger partial charge in [-0.25, -0.2) is 4.39 Å². The van der Waals surface area contributed by atoms with Crippen LogP contribution >= 0.6 is 11.6 Å². The molecule has 0 amide bonds. The summed E-state index contributed by atoms with van der Waals surface area (Å²) in [6.07, 6.45) is 0.451. The Morgan fingerprint density at radius 1 is 1.14 bits per heavy atom. The first-order valence-corrected chi connectivity index (χ1v) is 7.28. The maximum absolute atomic E-state index is 14.1. The van der Waals surface area contributed by atoms with Crippen molar-refractivity contribution in [3.05, 3.63) is 69.0 Å². The third kappa shape index (κ3) is 3.43. The van der Waals surface area contributed by atoms with E-state index in [4.69, 9.17) is 17.4 Å². The van der Waals surface area contributed by atoms with Crippen LogP contribution in [0, 0.1) is 26.6 Å². The van der Waals surface area contributed by atoms with E-state index >= 15 is 0 Å². The van der Waals surface area contributed by atoms with Gasteiger partial charge in [-0.05, 0) is 61.1 Å². The predicted octanol–water partition coefficient (Wildman–Crippen LogP) is 4.15. The van der Waals surface area contributed by atoms with E-state index in [9.17, 15) is 4.39 Å². The summed E-state index contributed by atoms with van der Waals surface area (Å²) in [7, 11) is 0. The second-order valence-electron chi connectivity index (χ2n) is 5.43. The summed E-state index contributed by atoms with van der Waals surface area (Å²) < 4.78 is 14.1. The van der Waals surface area contributed by atoms with Gasteiger partial charge in [-0.1, -0.05) is 35.9 Å². The summed E-state index contributed by atoms with van der Waals surface area (Å²) in [5, 5.41) is 0.139. The summed E-state index contributed by atoms with van der Waals surface area (Å²) in [5.74, 6) is 5.32. The summed E-state index contributed by atoms with van der Waals surface area (Å²) in [4.78, 5) is 0. The maximum atomic E-state index is 14.1. The lowest BCUT2D eigenvalue weighted by Crippen LogP contribution is -2.30. The van der Waals surface area contributed by atoms with E-state index in [0.29, 0.717) is 12.0 Å². The topological polar surface area (TPSA) is 38.0 Å². The van der Waals surface area contributed by atoms with Crippen LogP contribution in [0.4, 0.5) is 4.39 Å². The van der Waals surface area contributed by atoms with Crippen LogP contribution in [-0.2, 0) is 6.42 Å². The molecule has 0 aliphatic rings. The van der Waals surface area contributed by atoms with Crippen LogP contribution in [0.25, 0.3) is 0 Å². The van der Waals surface area contributed by atoms with Crippen molar-refractivity contribution in [2.24, 2.45) is 5.84 Å². The zero-order chi connectivity index (χ0) is 15.6. The van der Waals surface area contributed by atoms with Crippen LogP contribution in [0.15, 0.2) is 30.3 Å². The zero-order valence-electron chi connectivity index (χ0n) is 12.5. The van der Waals surface area contributed by atoms with E-state index in [0.717, 1.165) is 11.1 Å². The van der Waals surface area contributed by atoms with Crippen LogP contribution in [0.1, 0.15) is 33.9 Å². The van der Waals surface area contributed by atoms with Crippen molar-refractivity contribution in [3.63, 3.8) is 0 Å². The minimum Gasteiger partial charge on any atom is -0.271 e. The largest absolute Gasteiger partial charge is 0.271 e. The Labute approximate surface area is 130 Å². The van der Waals surface area contributed by atoms with E-state index in [2.05, 4.69) is 31.4 Å². The fourth-order valence-corrected chi connectivity index (χ4v) is 2.74. The van der Waals surface area contributed by atoms with Crippen LogP contribution in [0.5, 0.6) is 0 Å². The molecule has 4 heteroatoms. The summed E-state index contributed by atoms with van der Waals surface area (Å²) in [5.41, 5.74) is 8.01. The molecular formula is C17H20ClFN2. The molecule has 0 radical (unpaired) electrons. The van der Waals surface area contributed by atoms with Gasteiger partial charge in [0.2, 0.25) is 0 Å². The quantitative estimate of drug-likeness (QED) is 0.658. The molecule has 0 heterocycles. The number of rotatable bonds is 4. The van der Waals surface area contributed by atoms with Crippen molar-refractivity contribution in [1.82, 2.24) is 5.43 Å². The third-order valence-corrected chi connectivity index (χ3v) is 4.21. The first-order valence-electron chi connectivity index (χ1n) is 6.90. The van der Waals surface area contributed by atoms with Crippen molar-refractivity contribution in [2.45, 2.75) is 33.2 Å². The van der Waals surface area contributed by atoms with Gasteiger partial charge in [0, 0.05) is 0 Å². The average molecular weight is 307 g/mol. The Balaban J connectivity index is 2.37. The SMILES string of the molecule is Cc1cc(C)c(C(Cc2cccc(Cl)c2F)NN)cc1C. The number of nitrogens with one attached hydrogen (secondary N) is 1. The summed E-state index contributed by atoms with van der Waals surface area (Å²) in [6.45, 7) is 6.18. The molecule has 1 atom stereocenters. The molecule has 3 N–H and O–H groups in total. The monoisotopic (exact) mass is 306 g/mol. The van der Waals surface area contributed by atoms with Crippen molar-refractivity contribution >= 4 is 11.6 Å². The number of hydrogen-bond donors (Lipinski definition) is 2. The van der Waals surface area contributed by atoms with Gasteiger partial charge in [0.25, 0.3) is 0 Å². The molecule has 0 aliphatic heterocycles. The van der Waals surface area contributed by atoms with E-state index in [-0.39, 0.29) is 16.9 Å². The van der Waals surface area contributed by atoms with E-state index in [1.165, 1.54) is 11.1 Å². The van der Waals surface area contributed by atoms with Crippen molar-refractivity contribution in [3.8, 4) is 0 Å². The summed E-state index contributed by atoms with van der Waals surface area (Å²) >= 11 is 5.84. The molecule has 2 rings (SSSR count). The van der Waals surface area contributed by atoms with Crippen LogP contribution in [0.3, 0.4) is 0 Å². The number of aryl methyl sites for hydroxylation is 3. The maximum Gasteiger partial charge on any atom is 0.145 e. The number of hydrazine groups is 1. The van der Waals surface area contributed by atoms with Gasteiger partial charge in [0.05, 0.1) is 11.1 Å². The molecule has 0 aliphatic carbocycles. The minimum absolute atomic E-state index is 0.139. The first kappa shape index (κ1) is 16.0. The van der Waals surface area contributed by atoms with Crippen molar-refractivity contribution in [2.75, 3.05) is 0 Å². The molecule has 0 bridgehead atoms. The Kier molecular flexibility index (Phi) is 4.99. The lowest BCUT2D eigenvalue weighted by Gasteiger charge is -2.20. The molecule has 2 aromatic rings. The molecule has 0 saturated heterocycles. The Morgan fingerprint density at radius 2 is 1.81 bits per heavy atom. The Hall–Kier alpha value is -1.42.